The molecule has 0 amide bonds. The van der Waals surface area contributed by atoms with Crippen LogP contribution in [0, 0.1) is 0 Å². The highest BCUT2D eigenvalue weighted by Crippen LogP contribution is 2.13. The molecule has 0 aromatic carbocycles. The summed E-state index contributed by atoms with van der Waals surface area (Å²) in [6.07, 6.45) is 3.28. The van der Waals surface area contributed by atoms with Crippen LogP contribution in [-0.4, -0.2) is 15.0 Å². The molecule has 1 N–H and O–H groups in total. The normalized spacial score (nSPS) is 10.1. The number of aromatic amines is 1. The van der Waals surface area contributed by atoms with Crippen molar-refractivity contribution in [2.24, 2.45) is 0 Å². The quantitative estimate of drug-likeness (QED) is 0.784. The minimum Gasteiger partial charge on any atom is -0.322 e. The largest absolute Gasteiger partial charge is 0.322 e. The maximum atomic E-state index is 11.0. The Morgan fingerprint density at radius 1 is 1.21 bits per heavy atom. The second kappa shape index (κ2) is 3.71. The molecule has 0 unspecified atom stereocenters. The van der Waals surface area contributed by atoms with Gasteiger partial charge in [0.05, 0.1) is 5.69 Å². The van der Waals surface area contributed by atoms with Gasteiger partial charge in [0.25, 0.3) is 0 Å². The van der Waals surface area contributed by atoms with Crippen LogP contribution in [0.1, 0.15) is 0 Å². The lowest BCUT2D eigenvalue weighted by molar-refractivity contribution is 1.10. The van der Waals surface area contributed by atoms with Crippen LogP contribution in [0.2, 0.25) is 0 Å². The van der Waals surface area contributed by atoms with Crippen LogP contribution in [0.4, 0.5) is 0 Å². The molecule has 0 saturated carbocycles. The highest BCUT2D eigenvalue weighted by atomic mass is 79.9. The van der Waals surface area contributed by atoms with Crippen molar-refractivity contribution in [1.82, 2.24) is 15.0 Å². The average molecular weight is 252 g/mol. The molecule has 14 heavy (non-hydrogen) atoms. The maximum absolute atomic E-state index is 11.0. The molecule has 0 aliphatic carbocycles. The molecule has 0 saturated heterocycles. The van der Waals surface area contributed by atoms with Gasteiger partial charge in [0.2, 0.25) is 5.56 Å². The van der Waals surface area contributed by atoms with Crippen molar-refractivity contribution in [3.05, 3.63) is 45.7 Å². The standard InChI is InChI=1S/C9H6BrN3O/c10-9-11-4-6(5-12-9)7-2-1-3-8(14)13-7/h1-5H,(H,13,14). The highest BCUT2D eigenvalue weighted by molar-refractivity contribution is 9.10. The SMILES string of the molecule is O=c1cccc(-c2cnc(Br)nc2)[nH]1. The number of hydrogen-bond donors (Lipinski definition) is 1. The third kappa shape index (κ3) is 1.88. The van der Waals surface area contributed by atoms with Gasteiger partial charge in [-0.15, -0.1) is 0 Å². The third-order valence-corrected chi connectivity index (χ3v) is 2.11. The van der Waals surface area contributed by atoms with Crippen molar-refractivity contribution in [3.8, 4) is 11.3 Å². The first-order valence-electron chi connectivity index (χ1n) is 3.93. The molecule has 2 aromatic heterocycles. The molecular weight excluding hydrogens is 246 g/mol. The van der Waals surface area contributed by atoms with Gasteiger partial charge >= 0.3 is 0 Å². The summed E-state index contributed by atoms with van der Waals surface area (Å²) >= 11 is 3.14. The molecular formula is C9H6BrN3O. The van der Waals surface area contributed by atoms with Crippen molar-refractivity contribution < 1.29 is 0 Å². The Kier molecular flexibility index (Phi) is 2.41. The minimum absolute atomic E-state index is 0.134. The van der Waals surface area contributed by atoms with Gasteiger partial charge in [-0.25, -0.2) is 9.97 Å². The first-order chi connectivity index (χ1) is 6.75. The molecule has 0 bridgehead atoms. The fourth-order valence-electron chi connectivity index (χ4n) is 1.07. The molecule has 0 atom stereocenters. The van der Waals surface area contributed by atoms with E-state index in [1.54, 1.807) is 24.5 Å². The fraction of sp³-hybridized carbons (Fsp3) is 0. The van der Waals surface area contributed by atoms with Gasteiger partial charge in [-0.1, -0.05) is 6.07 Å². The van der Waals surface area contributed by atoms with Crippen LogP contribution >= 0.6 is 15.9 Å². The van der Waals surface area contributed by atoms with Gasteiger partial charge in [-0.3, -0.25) is 4.79 Å². The molecule has 5 heteroatoms. The van der Waals surface area contributed by atoms with Gasteiger partial charge in [-0.05, 0) is 22.0 Å². The minimum atomic E-state index is -0.134. The lowest BCUT2D eigenvalue weighted by Crippen LogP contribution is -2.03. The van der Waals surface area contributed by atoms with Crippen LogP contribution in [0.5, 0.6) is 0 Å². The average Bonchev–Trinajstić information content (AvgIpc) is 2.19. The number of rotatable bonds is 1. The molecule has 70 valence electrons. The van der Waals surface area contributed by atoms with E-state index in [2.05, 4.69) is 30.9 Å². The smallest absolute Gasteiger partial charge is 0.248 e. The van der Waals surface area contributed by atoms with Gasteiger partial charge in [0.1, 0.15) is 0 Å². The Bertz CT molecular complexity index is 492. The fourth-order valence-corrected chi connectivity index (χ4v) is 1.27. The molecule has 4 nitrogen and oxygen atoms in total. The number of nitrogens with zero attached hydrogens (tertiary/aromatic N) is 2. The Hall–Kier alpha value is -1.49. The van der Waals surface area contributed by atoms with Gasteiger partial charge in [0, 0.05) is 24.0 Å². The summed E-state index contributed by atoms with van der Waals surface area (Å²) in [6, 6.07) is 4.95. The summed E-state index contributed by atoms with van der Waals surface area (Å²) in [5, 5.41) is 0. The molecule has 2 heterocycles. The molecule has 0 spiro atoms. The Labute approximate surface area is 88.2 Å². The van der Waals surface area contributed by atoms with Crippen molar-refractivity contribution in [2.75, 3.05) is 0 Å². The third-order valence-electron chi connectivity index (χ3n) is 1.70. The van der Waals surface area contributed by atoms with E-state index >= 15 is 0 Å². The molecule has 2 aromatic rings. The first kappa shape index (κ1) is 9.08. The van der Waals surface area contributed by atoms with E-state index in [4.69, 9.17) is 0 Å². The Morgan fingerprint density at radius 3 is 2.57 bits per heavy atom. The first-order valence-corrected chi connectivity index (χ1v) is 4.72. The zero-order chi connectivity index (χ0) is 9.97. The number of nitrogens with one attached hydrogen (secondary N) is 1. The molecule has 0 aliphatic heterocycles. The topological polar surface area (TPSA) is 58.6 Å². The van der Waals surface area contributed by atoms with Gasteiger partial charge < -0.3 is 4.98 Å². The summed E-state index contributed by atoms with van der Waals surface area (Å²) in [5.74, 6) is 0. The van der Waals surface area contributed by atoms with E-state index < -0.39 is 0 Å². The summed E-state index contributed by atoms with van der Waals surface area (Å²) in [5.41, 5.74) is 1.36. The second-order valence-corrected chi connectivity index (χ2v) is 3.38. The van der Waals surface area contributed by atoms with E-state index in [0.717, 1.165) is 5.56 Å². The van der Waals surface area contributed by atoms with E-state index in [-0.39, 0.29) is 5.56 Å². The van der Waals surface area contributed by atoms with Crippen LogP contribution in [-0.2, 0) is 0 Å². The van der Waals surface area contributed by atoms with Crippen molar-refractivity contribution >= 4 is 15.9 Å². The molecule has 0 radical (unpaired) electrons. The van der Waals surface area contributed by atoms with E-state index in [9.17, 15) is 4.79 Å². The van der Waals surface area contributed by atoms with Gasteiger partial charge in [-0.2, -0.15) is 0 Å². The van der Waals surface area contributed by atoms with Crippen molar-refractivity contribution in [1.29, 1.82) is 0 Å². The van der Waals surface area contributed by atoms with Crippen molar-refractivity contribution in [3.63, 3.8) is 0 Å². The number of hydrogen-bond acceptors (Lipinski definition) is 3. The van der Waals surface area contributed by atoms with E-state index in [0.29, 0.717) is 10.4 Å². The number of halogens is 1. The summed E-state index contributed by atoms with van der Waals surface area (Å²) in [4.78, 5) is 21.7. The predicted octanol–water partition coefficient (Wildman–Crippen LogP) is 1.59. The number of pyridine rings is 1. The summed E-state index contributed by atoms with van der Waals surface area (Å²) in [6.45, 7) is 0. The molecule has 2 rings (SSSR count). The lowest BCUT2D eigenvalue weighted by atomic mass is 10.2. The number of H-pyrrole nitrogens is 1. The van der Waals surface area contributed by atoms with Gasteiger partial charge in [0.15, 0.2) is 4.73 Å². The van der Waals surface area contributed by atoms with Crippen LogP contribution in [0.25, 0.3) is 11.3 Å². The summed E-state index contributed by atoms with van der Waals surface area (Å²) in [7, 11) is 0. The Morgan fingerprint density at radius 2 is 1.93 bits per heavy atom. The van der Waals surface area contributed by atoms with Crippen LogP contribution in [0.15, 0.2) is 40.1 Å². The van der Waals surface area contributed by atoms with E-state index in [1.165, 1.54) is 6.07 Å². The van der Waals surface area contributed by atoms with Crippen LogP contribution < -0.4 is 5.56 Å². The highest BCUT2D eigenvalue weighted by Gasteiger charge is 1.98. The maximum Gasteiger partial charge on any atom is 0.248 e. The second-order valence-electron chi connectivity index (χ2n) is 2.67. The molecule has 0 fully saturated rings. The molecule has 0 aliphatic rings. The van der Waals surface area contributed by atoms with Crippen LogP contribution in [0.3, 0.4) is 0 Å². The summed E-state index contributed by atoms with van der Waals surface area (Å²) < 4.78 is 0.527. The van der Waals surface area contributed by atoms with E-state index in [1.807, 2.05) is 0 Å². The zero-order valence-electron chi connectivity index (χ0n) is 7.07. The lowest BCUT2D eigenvalue weighted by Gasteiger charge is -1.98. The zero-order valence-corrected chi connectivity index (χ0v) is 8.65. The van der Waals surface area contributed by atoms with Crippen molar-refractivity contribution in [2.45, 2.75) is 0 Å². The Balaban J connectivity index is 2.50. The number of aromatic nitrogens is 3. The predicted molar refractivity (Wildman–Crippen MR) is 55.8 cm³/mol. The monoisotopic (exact) mass is 251 g/mol.